The zero-order valence-electron chi connectivity index (χ0n) is 12.1. The maximum absolute atomic E-state index is 11.5. The molecule has 3 unspecified atom stereocenters. The molecule has 0 bridgehead atoms. The minimum atomic E-state index is -0.691. The van der Waals surface area contributed by atoms with Gasteiger partial charge in [0.05, 0.1) is 0 Å². The van der Waals surface area contributed by atoms with Crippen molar-refractivity contribution >= 4 is 11.7 Å². The monoisotopic (exact) mass is 273 g/mol. The van der Waals surface area contributed by atoms with E-state index in [4.69, 9.17) is 0 Å². The highest BCUT2D eigenvalue weighted by Gasteiger charge is 2.39. The molecular formula is C17H23NO2. The molecule has 1 saturated carbocycles. The molecule has 108 valence electrons. The quantitative estimate of drug-likeness (QED) is 0.914. The Balaban J connectivity index is 1.93. The van der Waals surface area contributed by atoms with Gasteiger partial charge >= 0.3 is 5.97 Å². The number of rotatable bonds is 3. The number of anilines is 1. The number of hydrogen-bond acceptors (Lipinski definition) is 2. The number of fused-ring (bicyclic) bond motifs is 1. The molecule has 1 heterocycles. The Hall–Kier alpha value is -1.51. The van der Waals surface area contributed by atoms with Gasteiger partial charge in [0.1, 0.15) is 5.92 Å². The molecule has 1 aromatic carbocycles. The number of benzene rings is 1. The molecule has 0 amide bonds. The lowest BCUT2D eigenvalue weighted by atomic mass is 9.82. The Morgan fingerprint density at radius 2 is 2.05 bits per heavy atom. The number of para-hydroxylation sites is 1. The SMILES string of the molecule is CCC1CCCCC1N1CC(C(=O)O)c2ccccc21. The zero-order valence-corrected chi connectivity index (χ0v) is 12.1. The van der Waals surface area contributed by atoms with E-state index in [0.29, 0.717) is 18.5 Å². The molecule has 1 aromatic rings. The van der Waals surface area contributed by atoms with E-state index in [-0.39, 0.29) is 5.92 Å². The number of nitrogens with zero attached hydrogens (tertiary/aromatic N) is 1. The number of carboxylic acid groups (broad SMARTS) is 1. The van der Waals surface area contributed by atoms with E-state index >= 15 is 0 Å². The first-order valence-corrected chi connectivity index (χ1v) is 7.80. The van der Waals surface area contributed by atoms with Gasteiger partial charge in [-0.1, -0.05) is 44.4 Å². The van der Waals surface area contributed by atoms with Gasteiger partial charge in [-0.2, -0.15) is 0 Å². The predicted octanol–water partition coefficient (Wildman–Crippen LogP) is 3.64. The molecule has 1 aliphatic heterocycles. The second-order valence-electron chi connectivity index (χ2n) is 6.12. The molecule has 3 atom stereocenters. The van der Waals surface area contributed by atoms with Crippen molar-refractivity contribution in [3.05, 3.63) is 29.8 Å². The summed E-state index contributed by atoms with van der Waals surface area (Å²) in [7, 11) is 0. The van der Waals surface area contributed by atoms with Gasteiger partial charge in [0.15, 0.2) is 0 Å². The summed E-state index contributed by atoms with van der Waals surface area (Å²) < 4.78 is 0. The molecule has 1 N–H and O–H groups in total. The van der Waals surface area contributed by atoms with Gasteiger partial charge in [0, 0.05) is 18.3 Å². The van der Waals surface area contributed by atoms with Crippen molar-refractivity contribution < 1.29 is 9.90 Å². The summed E-state index contributed by atoms with van der Waals surface area (Å²) in [6.45, 7) is 2.91. The molecular weight excluding hydrogens is 250 g/mol. The normalized spacial score (nSPS) is 29.2. The van der Waals surface area contributed by atoms with Crippen LogP contribution in [-0.4, -0.2) is 23.7 Å². The molecule has 0 aromatic heterocycles. The lowest BCUT2D eigenvalue weighted by Gasteiger charge is -2.39. The van der Waals surface area contributed by atoms with Crippen molar-refractivity contribution in [1.29, 1.82) is 0 Å². The van der Waals surface area contributed by atoms with Crippen LogP contribution in [0.25, 0.3) is 0 Å². The van der Waals surface area contributed by atoms with E-state index in [0.717, 1.165) is 11.3 Å². The summed E-state index contributed by atoms with van der Waals surface area (Å²) in [4.78, 5) is 13.9. The lowest BCUT2D eigenvalue weighted by Crippen LogP contribution is -2.42. The van der Waals surface area contributed by atoms with Crippen LogP contribution in [0.3, 0.4) is 0 Å². The maximum Gasteiger partial charge on any atom is 0.312 e. The fourth-order valence-electron chi connectivity index (χ4n) is 4.04. The van der Waals surface area contributed by atoms with Crippen LogP contribution in [0.1, 0.15) is 50.5 Å². The minimum Gasteiger partial charge on any atom is -0.481 e. The van der Waals surface area contributed by atoms with E-state index < -0.39 is 5.97 Å². The summed E-state index contributed by atoms with van der Waals surface area (Å²) in [5.41, 5.74) is 2.16. The van der Waals surface area contributed by atoms with Crippen LogP contribution in [0.2, 0.25) is 0 Å². The minimum absolute atomic E-state index is 0.356. The van der Waals surface area contributed by atoms with Crippen molar-refractivity contribution in [3.8, 4) is 0 Å². The van der Waals surface area contributed by atoms with Crippen molar-refractivity contribution in [2.45, 2.75) is 51.0 Å². The fourth-order valence-corrected chi connectivity index (χ4v) is 4.04. The molecule has 1 aliphatic carbocycles. The van der Waals surface area contributed by atoms with Crippen molar-refractivity contribution in [3.63, 3.8) is 0 Å². The van der Waals surface area contributed by atoms with E-state index in [1.54, 1.807) is 0 Å². The molecule has 2 aliphatic rings. The van der Waals surface area contributed by atoms with E-state index in [2.05, 4.69) is 17.9 Å². The van der Waals surface area contributed by atoms with Gasteiger partial charge in [0.2, 0.25) is 0 Å². The third-order valence-corrected chi connectivity index (χ3v) is 5.09. The number of carbonyl (C=O) groups is 1. The standard InChI is InChI=1S/C17H23NO2/c1-2-12-7-3-5-9-15(12)18-11-14(17(19)20)13-8-4-6-10-16(13)18/h4,6,8,10,12,14-15H,2-3,5,7,9,11H2,1H3,(H,19,20). The third kappa shape index (κ3) is 2.19. The second kappa shape index (κ2) is 5.47. The molecule has 0 spiro atoms. The van der Waals surface area contributed by atoms with Gasteiger partial charge in [-0.25, -0.2) is 0 Å². The molecule has 20 heavy (non-hydrogen) atoms. The first-order valence-electron chi connectivity index (χ1n) is 7.80. The van der Waals surface area contributed by atoms with E-state index in [1.165, 1.54) is 32.1 Å². The van der Waals surface area contributed by atoms with Gasteiger partial charge in [-0.15, -0.1) is 0 Å². The predicted molar refractivity (Wildman–Crippen MR) is 80.2 cm³/mol. The Kier molecular flexibility index (Phi) is 3.68. The molecule has 3 rings (SSSR count). The lowest BCUT2D eigenvalue weighted by molar-refractivity contribution is -0.138. The number of carboxylic acids is 1. The second-order valence-corrected chi connectivity index (χ2v) is 6.12. The zero-order chi connectivity index (χ0) is 14.1. The average Bonchev–Trinajstić information content (AvgIpc) is 2.87. The Morgan fingerprint density at radius 1 is 1.30 bits per heavy atom. The van der Waals surface area contributed by atoms with Crippen LogP contribution in [0.5, 0.6) is 0 Å². The van der Waals surface area contributed by atoms with Crippen LogP contribution in [-0.2, 0) is 4.79 Å². The van der Waals surface area contributed by atoms with Gasteiger partial charge in [-0.3, -0.25) is 4.79 Å². The fraction of sp³-hybridized carbons (Fsp3) is 0.588. The summed E-state index contributed by atoms with van der Waals surface area (Å²) >= 11 is 0. The van der Waals surface area contributed by atoms with Crippen LogP contribution in [0, 0.1) is 5.92 Å². The van der Waals surface area contributed by atoms with Crippen LogP contribution < -0.4 is 4.90 Å². The molecule has 0 saturated heterocycles. The van der Waals surface area contributed by atoms with Crippen molar-refractivity contribution in [2.75, 3.05) is 11.4 Å². The highest BCUT2D eigenvalue weighted by Crippen LogP contribution is 2.42. The summed E-state index contributed by atoms with van der Waals surface area (Å²) in [5, 5.41) is 9.47. The smallest absolute Gasteiger partial charge is 0.312 e. The Labute approximate surface area is 120 Å². The van der Waals surface area contributed by atoms with Crippen molar-refractivity contribution in [1.82, 2.24) is 0 Å². The van der Waals surface area contributed by atoms with Crippen LogP contribution >= 0.6 is 0 Å². The molecule has 3 heteroatoms. The van der Waals surface area contributed by atoms with Gasteiger partial charge in [-0.05, 0) is 30.4 Å². The van der Waals surface area contributed by atoms with Crippen molar-refractivity contribution in [2.24, 2.45) is 5.92 Å². The highest BCUT2D eigenvalue weighted by atomic mass is 16.4. The van der Waals surface area contributed by atoms with Crippen LogP contribution in [0.4, 0.5) is 5.69 Å². The first-order chi connectivity index (χ1) is 9.72. The molecule has 1 fully saturated rings. The Bertz CT molecular complexity index is 500. The molecule has 0 radical (unpaired) electrons. The maximum atomic E-state index is 11.5. The van der Waals surface area contributed by atoms with E-state index in [1.807, 2.05) is 18.2 Å². The number of aliphatic carboxylic acids is 1. The van der Waals surface area contributed by atoms with Gasteiger partial charge < -0.3 is 10.0 Å². The average molecular weight is 273 g/mol. The van der Waals surface area contributed by atoms with Crippen LogP contribution in [0.15, 0.2) is 24.3 Å². The molecule has 3 nitrogen and oxygen atoms in total. The third-order valence-electron chi connectivity index (χ3n) is 5.09. The largest absolute Gasteiger partial charge is 0.481 e. The highest BCUT2D eigenvalue weighted by molar-refractivity contribution is 5.83. The summed E-state index contributed by atoms with van der Waals surface area (Å²) in [6, 6.07) is 8.59. The Morgan fingerprint density at radius 3 is 2.80 bits per heavy atom. The summed E-state index contributed by atoms with van der Waals surface area (Å²) in [6.07, 6.45) is 6.29. The summed E-state index contributed by atoms with van der Waals surface area (Å²) in [5.74, 6) is -0.334. The van der Waals surface area contributed by atoms with Gasteiger partial charge in [0.25, 0.3) is 0 Å². The van der Waals surface area contributed by atoms with E-state index in [9.17, 15) is 9.90 Å². The topological polar surface area (TPSA) is 40.5 Å². The first kappa shape index (κ1) is 13.5. The number of hydrogen-bond donors (Lipinski definition) is 1.